The third-order valence-electron chi connectivity index (χ3n) is 1.53. The van der Waals surface area contributed by atoms with Gasteiger partial charge in [-0.05, 0) is 12.3 Å². The minimum Gasteiger partial charge on any atom is -0.327 e. The third-order valence-corrected chi connectivity index (χ3v) is 1.53. The molecule has 0 radical (unpaired) electrons. The molecule has 0 aromatic carbocycles. The van der Waals surface area contributed by atoms with Gasteiger partial charge in [-0.25, -0.2) is 0 Å². The van der Waals surface area contributed by atoms with Crippen LogP contribution in [-0.4, -0.2) is 0 Å². The van der Waals surface area contributed by atoms with E-state index in [1.54, 1.807) is 0 Å². The summed E-state index contributed by atoms with van der Waals surface area (Å²) < 4.78 is 0. The molecule has 0 heterocycles. The van der Waals surface area contributed by atoms with E-state index in [4.69, 9.17) is 11.1 Å². The Balaban J connectivity index is 4.09. The first-order valence-electron chi connectivity index (χ1n) is 3.32. The van der Waals surface area contributed by atoms with Gasteiger partial charge in [0.2, 0.25) is 0 Å². The number of hydrogen-bond donors (Lipinski definition) is 2. The van der Waals surface area contributed by atoms with Crippen molar-refractivity contribution >= 4 is 0 Å². The molecular formula is C7H13N3. The quantitative estimate of drug-likeness (QED) is 0.347. The van der Waals surface area contributed by atoms with Gasteiger partial charge in [0.05, 0.1) is 6.07 Å². The fraction of sp³-hybridized carbons (Fsp3) is 0.571. The van der Waals surface area contributed by atoms with E-state index in [0.717, 1.165) is 12.1 Å². The van der Waals surface area contributed by atoms with Crippen LogP contribution in [0.2, 0.25) is 0 Å². The molecule has 10 heavy (non-hydrogen) atoms. The van der Waals surface area contributed by atoms with E-state index in [1.807, 2.05) is 19.9 Å². The Kier molecular flexibility index (Phi) is 4.34. The summed E-state index contributed by atoms with van der Waals surface area (Å²) in [7, 11) is 0. The summed E-state index contributed by atoms with van der Waals surface area (Å²) in [6, 6.07) is 1.93. The van der Waals surface area contributed by atoms with E-state index >= 15 is 0 Å². The van der Waals surface area contributed by atoms with E-state index in [2.05, 4.69) is 5.43 Å². The average Bonchev–Trinajstić information content (AvgIpc) is 1.99. The summed E-state index contributed by atoms with van der Waals surface area (Å²) in [5.41, 5.74) is 3.29. The van der Waals surface area contributed by atoms with Gasteiger partial charge in [-0.2, -0.15) is 5.26 Å². The Morgan fingerprint density at radius 2 is 2.50 bits per heavy atom. The van der Waals surface area contributed by atoms with Crippen LogP contribution < -0.4 is 11.3 Å². The fourth-order valence-electron chi connectivity index (χ4n) is 0.616. The van der Waals surface area contributed by atoms with Crippen LogP contribution in [0.15, 0.2) is 11.8 Å². The number of nitriles is 1. The monoisotopic (exact) mass is 139 g/mol. The van der Waals surface area contributed by atoms with Gasteiger partial charge >= 0.3 is 0 Å². The highest BCUT2D eigenvalue weighted by Crippen LogP contribution is 2.08. The standard InChI is InChI=1S/C7H13N3/c1-3-6(2)7(10-9)4-5-8/h4,6,10H,3,9H2,1-2H3/b7-4+. The normalized spacial score (nSPS) is 14.0. The second-order valence-corrected chi connectivity index (χ2v) is 2.18. The smallest absolute Gasteiger partial charge is 0.0930 e. The van der Waals surface area contributed by atoms with Gasteiger partial charge in [-0.1, -0.05) is 13.8 Å². The zero-order chi connectivity index (χ0) is 7.98. The third kappa shape index (κ3) is 2.51. The van der Waals surface area contributed by atoms with Gasteiger partial charge in [0.15, 0.2) is 0 Å². The van der Waals surface area contributed by atoms with Crippen LogP contribution in [0.5, 0.6) is 0 Å². The molecule has 1 atom stereocenters. The van der Waals surface area contributed by atoms with Gasteiger partial charge < -0.3 is 5.43 Å². The second-order valence-electron chi connectivity index (χ2n) is 2.18. The Hall–Kier alpha value is -1.01. The highest BCUT2D eigenvalue weighted by atomic mass is 15.2. The lowest BCUT2D eigenvalue weighted by molar-refractivity contribution is 0.597. The van der Waals surface area contributed by atoms with Crippen molar-refractivity contribution in [1.82, 2.24) is 5.43 Å². The topological polar surface area (TPSA) is 61.8 Å². The minimum atomic E-state index is 0.338. The minimum absolute atomic E-state index is 0.338. The fourth-order valence-corrected chi connectivity index (χ4v) is 0.616. The zero-order valence-electron chi connectivity index (χ0n) is 6.39. The van der Waals surface area contributed by atoms with Crippen molar-refractivity contribution in [2.45, 2.75) is 20.3 Å². The number of rotatable bonds is 3. The van der Waals surface area contributed by atoms with Crippen LogP contribution in [0.25, 0.3) is 0 Å². The zero-order valence-corrected chi connectivity index (χ0v) is 6.39. The van der Waals surface area contributed by atoms with Crippen LogP contribution in [0.4, 0.5) is 0 Å². The Morgan fingerprint density at radius 1 is 1.90 bits per heavy atom. The summed E-state index contributed by atoms with van der Waals surface area (Å²) in [5, 5.41) is 8.29. The lowest BCUT2D eigenvalue weighted by atomic mass is 10.1. The molecule has 3 nitrogen and oxygen atoms in total. The van der Waals surface area contributed by atoms with Crippen molar-refractivity contribution < 1.29 is 0 Å². The van der Waals surface area contributed by atoms with E-state index < -0.39 is 0 Å². The van der Waals surface area contributed by atoms with Crippen LogP contribution in [0.1, 0.15) is 20.3 Å². The Labute approximate surface area is 61.5 Å². The van der Waals surface area contributed by atoms with Crippen molar-refractivity contribution in [3.05, 3.63) is 11.8 Å². The lowest BCUT2D eigenvalue weighted by Crippen LogP contribution is -2.25. The molecule has 0 aliphatic carbocycles. The molecule has 56 valence electrons. The van der Waals surface area contributed by atoms with Gasteiger partial charge in [0.1, 0.15) is 0 Å². The lowest BCUT2D eigenvalue weighted by Gasteiger charge is -2.10. The molecule has 0 amide bonds. The van der Waals surface area contributed by atoms with Gasteiger partial charge in [0, 0.05) is 11.8 Å². The van der Waals surface area contributed by atoms with Crippen LogP contribution in [0.3, 0.4) is 0 Å². The number of hydrogen-bond acceptors (Lipinski definition) is 3. The summed E-state index contributed by atoms with van der Waals surface area (Å²) in [6.07, 6.45) is 2.42. The molecule has 1 unspecified atom stereocenters. The Bertz CT molecular complexity index is 155. The molecule has 0 saturated carbocycles. The van der Waals surface area contributed by atoms with Gasteiger partial charge in [-0.3, -0.25) is 5.84 Å². The van der Waals surface area contributed by atoms with Crippen molar-refractivity contribution in [3.8, 4) is 6.07 Å². The molecule has 0 bridgehead atoms. The molecular weight excluding hydrogens is 126 g/mol. The number of nitrogens with one attached hydrogen (secondary N) is 1. The first-order chi connectivity index (χ1) is 4.76. The summed E-state index contributed by atoms with van der Waals surface area (Å²) in [6.45, 7) is 4.07. The molecule has 3 N–H and O–H groups in total. The maximum atomic E-state index is 8.29. The predicted molar refractivity (Wildman–Crippen MR) is 40.5 cm³/mol. The van der Waals surface area contributed by atoms with Gasteiger partial charge in [0.25, 0.3) is 0 Å². The van der Waals surface area contributed by atoms with Gasteiger partial charge in [-0.15, -0.1) is 0 Å². The van der Waals surface area contributed by atoms with E-state index in [1.165, 1.54) is 6.08 Å². The number of nitrogens with two attached hydrogens (primary N) is 1. The number of hydrazine groups is 1. The molecule has 0 aliphatic rings. The highest BCUT2D eigenvalue weighted by Gasteiger charge is 2.02. The molecule has 0 spiro atoms. The highest BCUT2D eigenvalue weighted by molar-refractivity contribution is 5.13. The molecule has 0 aromatic heterocycles. The van der Waals surface area contributed by atoms with Crippen molar-refractivity contribution in [2.24, 2.45) is 11.8 Å². The SMILES string of the molecule is CCC(C)/C(=C\C#N)NN. The van der Waals surface area contributed by atoms with Crippen molar-refractivity contribution in [2.75, 3.05) is 0 Å². The van der Waals surface area contributed by atoms with Crippen LogP contribution in [0, 0.1) is 17.2 Å². The van der Waals surface area contributed by atoms with Crippen molar-refractivity contribution in [3.63, 3.8) is 0 Å². The molecule has 0 aromatic rings. The number of nitrogens with zero attached hydrogens (tertiary/aromatic N) is 1. The first-order valence-corrected chi connectivity index (χ1v) is 3.32. The molecule has 0 saturated heterocycles. The summed E-state index contributed by atoms with van der Waals surface area (Å²) in [5.74, 6) is 5.50. The average molecular weight is 139 g/mol. The van der Waals surface area contributed by atoms with Crippen molar-refractivity contribution in [1.29, 1.82) is 5.26 Å². The maximum Gasteiger partial charge on any atom is 0.0930 e. The molecule has 3 heteroatoms. The maximum absolute atomic E-state index is 8.29. The predicted octanol–water partition coefficient (Wildman–Crippen LogP) is 0.903. The van der Waals surface area contributed by atoms with Crippen LogP contribution in [-0.2, 0) is 0 Å². The second kappa shape index (κ2) is 4.83. The molecule has 0 aliphatic heterocycles. The largest absolute Gasteiger partial charge is 0.327 e. The van der Waals surface area contributed by atoms with E-state index in [0.29, 0.717) is 5.92 Å². The first kappa shape index (κ1) is 8.99. The molecule has 0 fully saturated rings. The Morgan fingerprint density at radius 3 is 2.80 bits per heavy atom. The van der Waals surface area contributed by atoms with E-state index in [-0.39, 0.29) is 0 Å². The summed E-state index contributed by atoms with van der Waals surface area (Å²) >= 11 is 0. The summed E-state index contributed by atoms with van der Waals surface area (Å²) in [4.78, 5) is 0. The van der Waals surface area contributed by atoms with Crippen LogP contribution >= 0.6 is 0 Å². The van der Waals surface area contributed by atoms with E-state index in [9.17, 15) is 0 Å². The molecule has 0 rings (SSSR count). The number of allylic oxidation sites excluding steroid dienone is 2.